The van der Waals surface area contributed by atoms with Crippen molar-refractivity contribution < 1.29 is 108 Å². The Hall–Kier alpha value is -10.3. The number of amides is 2. The molecule has 125 heavy (non-hydrogen) atoms. The third-order valence-corrected chi connectivity index (χ3v) is 22.9. The molecule has 4 aliphatic heterocycles. The van der Waals surface area contributed by atoms with Gasteiger partial charge < -0.3 is 54.2 Å². The zero-order chi connectivity index (χ0) is 90.3. The molecule has 0 spiro atoms. The number of likely N-dealkylation sites (tertiary alicyclic amines) is 3. The van der Waals surface area contributed by atoms with Crippen molar-refractivity contribution in [1.82, 2.24) is 79.1 Å². The van der Waals surface area contributed by atoms with E-state index >= 15 is 0 Å². The fourth-order valence-electron chi connectivity index (χ4n) is 17.4. The highest BCUT2D eigenvalue weighted by Crippen LogP contribution is 2.47. The lowest BCUT2D eigenvalue weighted by molar-refractivity contribution is -0.144. The van der Waals surface area contributed by atoms with Crippen LogP contribution in [0.15, 0.2) is 102 Å². The van der Waals surface area contributed by atoms with E-state index in [1.807, 2.05) is 46.4 Å². The average molecular weight is 1840 g/mol. The van der Waals surface area contributed by atoms with Crippen LogP contribution in [-0.4, -0.2) is 180 Å². The van der Waals surface area contributed by atoms with Gasteiger partial charge in [0.2, 0.25) is 4.73 Å². The Balaban J connectivity index is 0.000000145. The molecule has 43 heteroatoms. The number of hydrogen-bond acceptors (Lipinski definition) is 20. The Morgan fingerprint density at radius 2 is 0.696 bits per heavy atom. The molecule has 4 aromatic heterocycles. The van der Waals surface area contributed by atoms with E-state index in [4.69, 9.17) is 39.4 Å². The lowest BCUT2D eigenvalue weighted by atomic mass is 9.82. The number of nitrogens with one attached hydrogen (secondary N) is 1. The molecule has 4 saturated heterocycles. The normalized spacial score (nSPS) is 23.2. The van der Waals surface area contributed by atoms with E-state index in [2.05, 4.69) is 67.8 Å². The van der Waals surface area contributed by atoms with Gasteiger partial charge in [0, 0.05) is 88.8 Å². The van der Waals surface area contributed by atoms with Crippen LogP contribution in [0.2, 0.25) is 0 Å². The van der Waals surface area contributed by atoms with Gasteiger partial charge in [-0.3, -0.25) is 0 Å². The van der Waals surface area contributed by atoms with E-state index < -0.39 is 85.4 Å². The minimum atomic E-state index is -4.52. The molecular formula is C82H95BrF16N18O8. The summed E-state index contributed by atoms with van der Waals surface area (Å²) in [6.45, 7) is 11.6. The minimum absolute atomic E-state index is 0.0309. The number of halogens is 17. The number of carbonyl (C=O) groups excluding carboxylic acids is 2. The third-order valence-electron chi connectivity index (χ3n) is 22.6. The van der Waals surface area contributed by atoms with E-state index in [0.29, 0.717) is 117 Å². The van der Waals surface area contributed by atoms with Crippen molar-refractivity contribution in [3.05, 3.63) is 143 Å². The van der Waals surface area contributed by atoms with E-state index in [1.54, 1.807) is 9.80 Å². The van der Waals surface area contributed by atoms with Crippen molar-refractivity contribution in [2.45, 2.75) is 180 Å². The monoisotopic (exact) mass is 1840 g/mol. The van der Waals surface area contributed by atoms with Gasteiger partial charge in [0.05, 0.1) is 0 Å². The van der Waals surface area contributed by atoms with Crippen LogP contribution in [-0.2, 0) is 54.9 Å². The molecule has 4 saturated carbocycles. The van der Waals surface area contributed by atoms with Crippen molar-refractivity contribution in [2.75, 3.05) is 52.4 Å². The Bertz CT molecular complexity index is 4950. The molecule has 16 rings (SSSR count). The van der Waals surface area contributed by atoms with E-state index in [-0.39, 0.29) is 99.3 Å². The molecule has 0 radical (unpaired) electrons. The zero-order valence-electron chi connectivity index (χ0n) is 68.9. The molecule has 2 amide bonds. The van der Waals surface area contributed by atoms with Crippen molar-refractivity contribution in [1.29, 1.82) is 5.26 Å². The summed E-state index contributed by atoms with van der Waals surface area (Å²) in [5.41, 5.74) is 5.10. The van der Waals surface area contributed by atoms with Gasteiger partial charge in [-0.25, -0.2) is 45.9 Å². The van der Waals surface area contributed by atoms with Gasteiger partial charge in [0.15, 0.2) is 23.7 Å². The van der Waals surface area contributed by atoms with E-state index in [1.165, 1.54) is 72.8 Å². The first-order chi connectivity index (χ1) is 58.7. The Morgan fingerprint density at radius 3 is 0.992 bits per heavy atom. The fourth-order valence-corrected chi connectivity index (χ4v) is 17.8. The highest BCUT2D eigenvalue weighted by molar-refractivity contribution is 9.10. The molecule has 680 valence electrons. The van der Waals surface area contributed by atoms with Crippen LogP contribution in [0.1, 0.15) is 110 Å². The number of aromatic nitrogens is 12. The van der Waals surface area contributed by atoms with Crippen LogP contribution < -0.4 is 30.0 Å². The topological polar surface area (TPSA) is 284 Å². The van der Waals surface area contributed by atoms with Gasteiger partial charge in [0.25, 0.3) is 0 Å². The van der Waals surface area contributed by atoms with Gasteiger partial charge >= 0.3 is 60.9 Å². The first-order valence-electron chi connectivity index (χ1n) is 40.7. The second kappa shape index (κ2) is 39.3. The van der Waals surface area contributed by atoms with Gasteiger partial charge in [-0.1, -0.05) is 24.3 Å². The average Bonchev–Trinajstić information content (AvgIpc) is 1.65. The Labute approximate surface area is 716 Å². The van der Waals surface area contributed by atoms with Gasteiger partial charge in [-0.15, -0.1) is 5.10 Å². The number of benzene rings is 4. The molecule has 12 atom stereocenters. The van der Waals surface area contributed by atoms with Gasteiger partial charge in [0.1, 0.15) is 83.6 Å². The predicted octanol–water partition coefficient (Wildman–Crippen LogP) is 17.6. The fraction of sp³-hybridized carbons (Fsp3) is 0.573. The van der Waals surface area contributed by atoms with E-state index in [0.717, 1.165) is 102 Å². The quantitative estimate of drug-likeness (QED) is 0.0596. The molecule has 8 aromatic rings. The number of carbonyl (C=O) groups is 2. The van der Waals surface area contributed by atoms with Crippen molar-refractivity contribution >= 4 is 28.1 Å². The Kier molecular flexibility index (Phi) is 29.5. The first kappa shape index (κ1) is 93.9. The molecule has 3 N–H and O–H groups in total. The number of nitriles is 1. The summed E-state index contributed by atoms with van der Waals surface area (Å²) in [4.78, 5) is 45.9. The van der Waals surface area contributed by atoms with Crippen LogP contribution in [0, 0.1) is 99.8 Å². The molecule has 8 fully saturated rings. The zero-order valence-corrected chi connectivity index (χ0v) is 70.4. The summed E-state index contributed by atoms with van der Waals surface area (Å²) in [7, 11) is 0. The largest absolute Gasteiger partial charge is 0.444 e. The molecule has 4 unspecified atom stereocenters. The number of fused-ring (bicyclic) bond motifs is 8. The lowest BCUT2D eigenvalue weighted by Crippen LogP contribution is -2.51. The lowest BCUT2D eigenvalue weighted by Gasteiger charge is -2.38. The number of nitrogens with two attached hydrogens (primary N) is 1. The summed E-state index contributed by atoms with van der Waals surface area (Å²) < 4.78 is 242. The molecule has 4 aliphatic carbocycles. The number of nitrogens with zero attached hydrogens (tertiary/aromatic N) is 16. The molecule has 26 nitrogen and oxygen atoms in total. The van der Waals surface area contributed by atoms with Crippen LogP contribution in [0.5, 0.6) is 47.0 Å². The second-order valence-corrected chi connectivity index (χ2v) is 35.1. The molecule has 8 bridgehead atoms. The van der Waals surface area contributed by atoms with Gasteiger partial charge in [-0.05, 0) is 236 Å². The van der Waals surface area contributed by atoms with E-state index in [9.17, 15) is 79.8 Å². The van der Waals surface area contributed by atoms with Crippen molar-refractivity contribution in [3.63, 3.8) is 0 Å². The Morgan fingerprint density at radius 1 is 0.424 bits per heavy atom. The molecular weight excluding hydrogens is 1750 g/mol. The number of ether oxygens (including phenoxy) is 6. The summed E-state index contributed by atoms with van der Waals surface area (Å²) in [6.07, 6.45) is -6.58. The predicted molar refractivity (Wildman–Crippen MR) is 418 cm³/mol. The second-order valence-electron chi connectivity index (χ2n) is 34.4. The first-order valence-corrected chi connectivity index (χ1v) is 41.5. The SMILES string of the molecule is CC(C)(C)OC(=O)N1C[C@H]2CC[C@@H](C1)C2Cc1nc(Oc2cccc(F)c2)n(CC(F)(F)F)n1.CC(C)(C)OC(=O)N1C[C@H]2CC[C@@H](C1)C2N.Fc1cccc(Oc2nc(Br)nn2CC(F)(F)F)c1.Fc1cccc(Oc2nc(CC3[C@@H]4CC[C@H]3CNC4)nn2CC(F)(F)F)c1.N#CN1C[C@H]2CC[C@@H](C1)C2Cc1nc(Oc2cccc(F)c2)n(CC(F)(F)F)n1. The van der Waals surface area contributed by atoms with Crippen molar-refractivity contribution in [2.24, 2.45) is 70.8 Å². The molecule has 8 heterocycles. The minimum Gasteiger partial charge on any atom is -0.444 e. The van der Waals surface area contributed by atoms with Crippen LogP contribution >= 0.6 is 15.9 Å². The maximum absolute atomic E-state index is 13.5. The van der Waals surface area contributed by atoms with Crippen LogP contribution in [0.4, 0.5) is 79.8 Å². The van der Waals surface area contributed by atoms with Crippen LogP contribution in [0.3, 0.4) is 0 Å². The smallest absolute Gasteiger partial charge is 0.410 e. The van der Waals surface area contributed by atoms with Gasteiger partial charge in [-0.2, -0.15) is 93.2 Å². The summed E-state index contributed by atoms with van der Waals surface area (Å²) in [6, 6.07) is 19.4. The maximum atomic E-state index is 13.5. The number of hydrogen-bond donors (Lipinski definition) is 2. The summed E-state index contributed by atoms with van der Waals surface area (Å²) in [5.74, 6) is 2.48. The highest BCUT2D eigenvalue weighted by Gasteiger charge is 2.48. The highest BCUT2D eigenvalue weighted by atomic mass is 79.9. The summed E-state index contributed by atoms with van der Waals surface area (Å²) >= 11 is 2.85. The maximum Gasteiger partial charge on any atom is 0.410 e. The standard InChI is InChI=1S/C23H28F4N4O3.C19H19F4N5O.C18H20F4N4O.C12H22N2O2.C10H6BrF4N3O/c1-22(2,3)34-21(32)30-11-14-7-8-15(12-30)18(14)10-19-28-20(31(29-19)13-23(25,26)27)33-17-6-4-5-16(24)9-17;20-14-2-1-3-15(6-14)29-18-25-17(26-28(18)10-19(21,22)23)7-16-12-4-5-13(16)9-27(8-12)11-24;19-13-2-1-3-14(6-13)27-17-24-16(25-26(17)10-18(20,21)22)7-15-11-4-5-12(15)9-23-8-11;1-12(2,3)16-11(15)14-6-8-4-5-9(7-14)10(8)13;11-8-16-9(18(17-8)5-10(13,14)15)19-7-3-1-2-6(12)4-7/h4-6,9,14-15,18H,7-8,10-13H2,1-3H3;1-3,6,12-13,16H,4-5,7-10H2;1-3,6,11-12,15,23H,4-5,7-10H2;8-10H,4-7,13H2,1-3H3;1-4H,5H2/t14-,15+,18?;12-,13+,16?;11-,12+,15?;8-,9+,10?;. The molecule has 4 aromatic carbocycles. The van der Waals surface area contributed by atoms with Crippen LogP contribution in [0.25, 0.3) is 0 Å². The number of alkyl halides is 12. The molecule has 8 aliphatic rings. The number of rotatable bonds is 18. The third kappa shape index (κ3) is 27.4. The summed E-state index contributed by atoms with van der Waals surface area (Å²) in [5, 5.41) is 28.2. The number of piperidine rings is 4. The van der Waals surface area contributed by atoms with Crippen molar-refractivity contribution in [3.8, 4) is 53.2 Å².